The maximum Gasteiger partial charge on any atom is 0.169 e. The van der Waals surface area contributed by atoms with E-state index in [0.717, 1.165) is 37.0 Å². The van der Waals surface area contributed by atoms with E-state index in [-0.39, 0.29) is 6.04 Å². The minimum atomic E-state index is 0.288. The summed E-state index contributed by atoms with van der Waals surface area (Å²) in [7, 11) is 3.85. The minimum absolute atomic E-state index is 0.288. The lowest BCUT2D eigenvalue weighted by Crippen LogP contribution is -2.52. The zero-order valence-electron chi connectivity index (χ0n) is 14.8. The number of methoxy groups -OCH3 is 1. The van der Waals surface area contributed by atoms with E-state index in [1.165, 1.54) is 11.1 Å². The number of nitrogens with one attached hydrogen (secondary N) is 1. The molecular weight excluding hydrogens is 330 g/mol. The molecular formula is C20H25N3OS. The quantitative estimate of drug-likeness (QED) is 0.851. The summed E-state index contributed by atoms with van der Waals surface area (Å²) in [4.78, 5) is 4.68. The predicted molar refractivity (Wildman–Crippen MR) is 106 cm³/mol. The highest BCUT2D eigenvalue weighted by molar-refractivity contribution is 7.80. The summed E-state index contributed by atoms with van der Waals surface area (Å²) in [5.74, 6) is 0.870. The summed E-state index contributed by atoms with van der Waals surface area (Å²) < 4.78 is 5.20. The number of ether oxygens (including phenoxy) is 1. The van der Waals surface area contributed by atoms with Gasteiger partial charge in [0.1, 0.15) is 5.75 Å². The molecule has 2 aromatic rings. The van der Waals surface area contributed by atoms with Crippen LogP contribution in [0.4, 0.5) is 0 Å². The third kappa shape index (κ3) is 4.50. The Morgan fingerprint density at radius 3 is 2.52 bits per heavy atom. The molecule has 1 fully saturated rings. The second-order valence-electron chi connectivity index (χ2n) is 6.39. The van der Waals surface area contributed by atoms with Gasteiger partial charge in [-0.1, -0.05) is 42.5 Å². The maximum atomic E-state index is 5.71. The van der Waals surface area contributed by atoms with Gasteiger partial charge in [-0.05, 0) is 42.5 Å². The maximum absolute atomic E-state index is 5.71. The van der Waals surface area contributed by atoms with Gasteiger partial charge < -0.3 is 19.9 Å². The molecule has 1 heterocycles. The molecule has 3 rings (SSSR count). The van der Waals surface area contributed by atoms with E-state index in [1.54, 1.807) is 7.11 Å². The average Bonchev–Trinajstić information content (AvgIpc) is 2.67. The first-order valence-corrected chi connectivity index (χ1v) is 8.99. The number of thiocarbonyl (C=S) groups is 1. The molecule has 0 radical (unpaired) electrons. The lowest BCUT2D eigenvalue weighted by Gasteiger charge is -2.41. The summed E-state index contributed by atoms with van der Waals surface area (Å²) >= 11 is 5.71. The van der Waals surface area contributed by atoms with Crippen molar-refractivity contribution in [1.29, 1.82) is 0 Å². The fourth-order valence-electron chi connectivity index (χ4n) is 3.15. The van der Waals surface area contributed by atoms with Crippen LogP contribution in [-0.4, -0.2) is 48.7 Å². The van der Waals surface area contributed by atoms with E-state index >= 15 is 0 Å². The number of piperazine rings is 1. The smallest absolute Gasteiger partial charge is 0.169 e. The van der Waals surface area contributed by atoms with Crippen molar-refractivity contribution in [3.8, 4) is 5.75 Å². The average molecular weight is 356 g/mol. The minimum Gasteiger partial charge on any atom is -0.497 e. The highest BCUT2D eigenvalue weighted by Crippen LogP contribution is 2.25. The normalized spacial score (nSPS) is 18.0. The lowest BCUT2D eigenvalue weighted by molar-refractivity contribution is 0.150. The molecule has 1 N–H and O–H groups in total. The molecule has 1 atom stereocenters. The van der Waals surface area contributed by atoms with Gasteiger partial charge in [0.2, 0.25) is 0 Å². The van der Waals surface area contributed by atoms with E-state index in [2.05, 4.69) is 64.6 Å². The zero-order chi connectivity index (χ0) is 17.6. The van der Waals surface area contributed by atoms with Crippen LogP contribution in [0.25, 0.3) is 0 Å². The molecule has 1 aliphatic rings. The van der Waals surface area contributed by atoms with E-state index in [0.29, 0.717) is 0 Å². The van der Waals surface area contributed by atoms with Crippen LogP contribution in [0.1, 0.15) is 17.2 Å². The van der Waals surface area contributed by atoms with Gasteiger partial charge in [-0.2, -0.15) is 0 Å². The van der Waals surface area contributed by atoms with Crippen LogP contribution in [-0.2, 0) is 6.54 Å². The highest BCUT2D eigenvalue weighted by Gasteiger charge is 2.28. The number of likely N-dealkylation sites (N-methyl/N-ethyl adjacent to an activating group) is 1. The molecule has 25 heavy (non-hydrogen) atoms. The third-order valence-electron chi connectivity index (χ3n) is 4.63. The molecule has 1 saturated heterocycles. The van der Waals surface area contributed by atoms with Crippen LogP contribution in [0.5, 0.6) is 5.75 Å². The number of rotatable bonds is 4. The Labute approximate surface area is 155 Å². The first-order valence-electron chi connectivity index (χ1n) is 8.58. The van der Waals surface area contributed by atoms with E-state index in [1.807, 2.05) is 12.1 Å². The Hall–Kier alpha value is -2.11. The van der Waals surface area contributed by atoms with Gasteiger partial charge in [-0.3, -0.25) is 0 Å². The second-order valence-corrected chi connectivity index (χ2v) is 6.78. The molecule has 4 nitrogen and oxygen atoms in total. The molecule has 5 heteroatoms. The Morgan fingerprint density at radius 1 is 1.12 bits per heavy atom. The van der Waals surface area contributed by atoms with Crippen molar-refractivity contribution in [2.75, 3.05) is 33.8 Å². The van der Waals surface area contributed by atoms with E-state index in [4.69, 9.17) is 17.0 Å². The van der Waals surface area contributed by atoms with Crippen molar-refractivity contribution in [1.82, 2.24) is 15.1 Å². The van der Waals surface area contributed by atoms with Crippen LogP contribution in [0.15, 0.2) is 54.6 Å². The fraction of sp³-hybridized carbons (Fsp3) is 0.350. The van der Waals surface area contributed by atoms with Crippen LogP contribution in [0.3, 0.4) is 0 Å². The monoisotopic (exact) mass is 355 g/mol. The summed E-state index contributed by atoms with van der Waals surface area (Å²) in [5, 5.41) is 4.24. The van der Waals surface area contributed by atoms with Gasteiger partial charge in [-0.25, -0.2) is 0 Å². The number of hydrogen-bond acceptors (Lipinski definition) is 3. The summed E-state index contributed by atoms with van der Waals surface area (Å²) in [6.07, 6.45) is 0. The molecule has 0 spiro atoms. The van der Waals surface area contributed by atoms with Crippen molar-refractivity contribution in [3.63, 3.8) is 0 Å². The molecule has 0 saturated carbocycles. The zero-order valence-corrected chi connectivity index (χ0v) is 15.6. The van der Waals surface area contributed by atoms with Crippen LogP contribution in [0.2, 0.25) is 0 Å². The van der Waals surface area contributed by atoms with Gasteiger partial charge >= 0.3 is 0 Å². The fourth-order valence-corrected chi connectivity index (χ4v) is 3.44. The Bertz CT molecular complexity index is 690. The Kier molecular flexibility index (Phi) is 5.89. The highest BCUT2D eigenvalue weighted by atomic mass is 32.1. The molecule has 0 amide bonds. The molecule has 0 bridgehead atoms. The molecule has 2 aromatic carbocycles. The topological polar surface area (TPSA) is 27.7 Å². The molecule has 0 unspecified atom stereocenters. The predicted octanol–water partition coefficient (Wildman–Crippen LogP) is 3.06. The standard InChI is InChI=1S/C20H25N3OS/c1-22-12-13-23(19(15-22)17-6-4-3-5-7-17)20(25)21-14-16-8-10-18(24-2)11-9-16/h3-11,19H,12-15H2,1-2H3,(H,21,25)/t19-/m1/s1. The largest absolute Gasteiger partial charge is 0.497 e. The summed E-state index contributed by atoms with van der Waals surface area (Å²) in [5.41, 5.74) is 2.50. The number of nitrogens with zero attached hydrogens (tertiary/aromatic N) is 2. The lowest BCUT2D eigenvalue weighted by atomic mass is 10.0. The summed E-state index contributed by atoms with van der Waals surface area (Å²) in [6, 6.07) is 19.0. The molecule has 0 aliphatic carbocycles. The van der Waals surface area contributed by atoms with E-state index < -0.39 is 0 Å². The number of hydrogen-bond donors (Lipinski definition) is 1. The molecule has 1 aliphatic heterocycles. The first-order chi connectivity index (χ1) is 12.2. The molecule has 0 aromatic heterocycles. The second kappa shape index (κ2) is 8.32. The van der Waals surface area contributed by atoms with Gasteiger partial charge in [0, 0.05) is 26.2 Å². The van der Waals surface area contributed by atoms with Gasteiger partial charge in [0.25, 0.3) is 0 Å². The van der Waals surface area contributed by atoms with Crippen molar-refractivity contribution in [2.24, 2.45) is 0 Å². The van der Waals surface area contributed by atoms with Crippen molar-refractivity contribution >= 4 is 17.3 Å². The Balaban J connectivity index is 1.66. The number of benzene rings is 2. The van der Waals surface area contributed by atoms with Crippen LogP contribution >= 0.6 is 12.2 Å². The van der Waals surface area contributed by atoms with Crippen LogP contribution < -0.4 is 10.1 Å². The SMILES string of the molecule is COc1ccc(CNC(=S)N2CCN(C)C[C@@H]2c2ccccc2)cc1. The van der Waals surface area contributed by atoms with Crippen molar-refractivity contribution in [2.45, 2.75) is 12.6 Å². The summed E-state index contributed by atoms with van der Waals surface area (Å²) in [6.45, 7) is 3.66. The van der Waals surface area contributed by atoms with Gasteiger partial charge in [0.05, 0.1) is 13.2 Å². The van der Waals surface area contributed by atoms with E-state index in [9.17, 15) is 0 Å². The molecule has 132 valence electrons. The van der Waals surface area contributed by atoms with Crippen LogP contribution in [0, 0.1) is 0 Å². The van der Waals surface area contributed by atoms with Crippen molar-refractivity contribution in [3.05, 3.63) is 65.7 Å². The first kappa shape index (κ1) is 17.7. The van der Waals surface area contributed by atoms with Crippen molar-refractivity contribution < 1.29 is 4.74 Å². The van der Waals surface area contributed by atoms with Gasteiger partial charge in [0.15, 0.2) is 5.11 Å². The third-order valence-corrected chi connectivity index (χ3v) is 5.01. The Morgan fingerprint density at radius 2 is 1.84 bits per heavy atom. The van der Waals surface area contributed by atoms with Gasteiger partial charge in [-0.15, -0.1) is 0 Å².